The molecule has 114 valence electrons. The monoisotopic (exact) mass is 299 g/mol. The maximum absolute atomic E-state index is 6.11. The average Bonchev–Trinajstić information content (AvgIpc) is 2.76. The molecule has 0 saturated heterocycles. The summed E-state index contributed by atoms with van der Waals surface area (Å²) in [5.41, 5.74) is 0.744. The van der Waals surface area contributed by atoms with Crippen molar-refractivity contribution in [3.63, 3.8) is 0 Å². The van der Waals surface area contributed by atoms with Crippen LogP contribution in [0.3, 0.4) is 0 Å². The zero-order valence-electron chi connectivity index (χ0n) is 13.3. The smallest absolute Gasteiger partial charge is 0.176 e. The highest BCUT2D eigenvalue weighted by Crippen LogP contribution is 2.49. The van der Waals surface area contributed by atoms with Crippen LogP contribution < -0.4 is 5.44 Å². The topological polar surface area (TPSA) is 49.2 Å². The predicted molar refractivity (Wildman–Crippen MR) is 85.7 cm³/mol. The molecule has 0 aromatic carbocycles. The summed E-state index contributed by atoms with van der Waals surface area (Å²) in [4.78, 5) is 0. The van der Waals surface area contributed by atoms with Gasteiger partial charge in [0.05, 0.1) is 18.4 Å². The van der Waals surface area contributed by atoms with Crippen molar-refractivity contribution in [2.24, 2.45) is 0 Å². The van der Waals surface area contributed by atoms with Crippen molar-refractivity contribution in [2.45, 2.75) is 59.8 Å². The van der Waals surface area contributed by atoms with Crippen LogP contribution in [-0.4, -0.2) is 33.0 Å². The lowest BCUT2D eigenvalue weighted by Crippen LogP contribution is -2.19. The van der Waals surface area contributed by atoms with E-state index in [4.69, 9.17) is 9.05 Å². The van der Waals surface area contributed by atoms with Crippen LogP contribution in [0, 0.1) is 0 Å². The van der Waals surface area contributed by atoms with Crippen molar-refractivity contribution in [2.75, 3.05) is 0 Å². The standard InChI is InChI=1S/C14H26N3O2P/c1-8-9-20(18-12(4)5,19-13(6)7)14-10-17(11(2)3)16-15-14/h8-13H,1H2,2-7H3. The van der Waals surface area contributed by atoms with Gasteiger partial charge < -0.3 is 9.05 Å². The molecule has 1 rings (SSSR count). The Bertz CT molecular complexity index is 478. The molecule has 0 atom stereocenters. The van der Waals surface area contributed by atoms with Gasteiger partial charge in [-0.05, 0) is 47.3 Å². The lowest BCUT2D eigenvalue weighted by Gasteiger charge is -2.27. The zero-order chi connectivity index (χ0) is 15.3. The number of rotatable bonds is 7. The van der Waals surface area contributed by atoms with Crippen molar-refractivity contribution in [1.29, 1.82) is 0 Å². The SMILES string of the molecule is C=CC=P(OC(C)C)(OC(C)C)c1cn(C(C)C)nn1. The number of hydrogen-bond donors (Lipinski definition) is 0. The van der Waals surface area contributed by atoms with Crippen LogP contribution in [-0.2, 0) is 9.05 Å². The molecule has 1 aromatic rings. The third kappa shape index (κ3) is 4.30. The van der Waals surface area contributed by atoms with Crippen LogP contribution in [0.2, 0.25) is 0 Å². The summed E-state index contributed by atoms with van der Waals surface area (Å²) in [6.07, 6.45) is 3.68. The van der Waals surface area contributed by atoms with E-state index in [1.54, 1.807) is 6.08 Å². The Labute approximate surface area is 122 Å². The second-order valence-corrected chi connectivity index (χ2v) is 7.81. The lowest BCUT2D eigenvalue weighted by atomic mass is 10.4. The summed E-state index contributed by atoms with van der Waals surface area (Å²) < 4.78 is 14.0. The molecule has 0 unspecified atom stereocenters. The van der Waals surface area contributed by atoms with E-state index in [2.05, 4.69) is 30.7 Å². The van der Waals surface area contributed by atoms with Crippen molar-refractivity contribution in [3.05, 3.63) is 18.9 Å². The molecule has 0 aliphatic rings. The molecule has 0 bridgehead atoms. The number of hydrogen-bond acceptors (Lipinski definition) is 4. The van der Waals surface area contributed by atoms with Crippen molar-refractivity contribution in [3.8, 4) is 0 Å². The Balaban J connectivity index is 3.32. The molecule has 6 heteroatoms. The fourth-order valence-corrected chi connectivity index (χ4v) is 4.24. The summed E-state index contributed by atoms with van der Waals surface area (Å²) in [5.74, 6) is 1.89. The van der Waals surface area contributed by atoms with E-state index in [0.717, 1.165) is 5.44 Å². The molecule has 0 fully saturated rings. The van der Waals surface area contributed by atoms with Crippen LogP contribution in [0.25, 0.3) is 0 Å². The van der Waals surface area contributed by atoms with E-state index in [9.17, 15) is 0 Å². The van der Waals surface area contributed by atoms with Crippen LogP contribution in [0.15, 0.2) is 18.9 Å². The minimum absolute atomic E-state index is 0.0301. The fourth-order valence-electron chi connectivity index (χ4n) is 1.71. The molecule has 20 heavy (non-hydrogen) atoms. The van der Waals surface area contributed by atoms with Gasteiger partial charge in [0.2, 0.25) is 0 Å². The summed E-state index contributed by atoms with van der Waals surface area (Å²) in [7, 11) is -2.42. The van der Waals surface area contributed by atoms with Crippen molar-refractivity contribution in [1.82, 2.24) is 15.0 Å². The van der Waals surface area contributed by atoms with E-state index in [-0.39, 0.29) is 18.2 Å². The Morgan fingerprint density at radius 2 is 1.70 bits per heavy atom. The highest BCUT2D eigenvalue weighted by molar-refractivity contribution is 7.73. The van der Waals surface area contributed by atoms with Gasteiger partial charge in [-0.2, -0.15) is 0 Å². The van der Waals surface area contributed by atoms with Gasteiger partial charge >= 0.3 is 0 Å². The van der Waals surface area contributed by atoms with E-state index < -0.39 is 7.34 Å². The van der Waals surface area contributed by atoms with Gasteiger partial charge in [-0.1, -0.05) is 17.9 Å². The van der Waals surface area contributed by atoms with Gasteiger partial charge in [-0.25, -0.2) is 4.68 Å². The van der Waals surface area contributed by atoms with Gasteiger partial charge in [0.15, 0.2) is 12.8 Å². The lowest BCUT2D eigenvalue weighted by molar-refractivity contribution is 0.179. The average molecular weight is 299 g/mol. The maximum Gasteiger partial charge on any atom is 0.176 e. The normalized spacial score (nSPS) is 12.4. The molecule has 0 amide bonds. The molecule has 5 nitrogen and oxygen atoms in total. The predicted octanol–water partition coefficient (Wildman–Crippen LogP) is 3.17. The molecule has 0 saturated carbocycles. The second kappa shape index (κ2) is 7.21. The van der Waals surface area contributed by atoms with Crippen molar-refractivity contribution < 1.29 is 9.05 Å². The first-order valence-corrected chi connectivity index (χ1v) is 8.65. The van der Waals surface area contributed by atoms with Gasteiger partial charge in [0.25, 0.3) is 0 Å². The van der Waals surface area contributed by atoms with Crippen molar-refractivity contribution >= 4 is 18.6 Å². The van der Waals surface area contributed by atoms with Crippen LogP contribution in [0.5, 0.6) is 0 Å². The van der Waals surface area contributed by atoms with E-state index in [1.807, 2.05) is 44.4 Å². The number of nitrogens with zero attached hydrogens (tertiary/aromatic N) is 3. The van der Waals surface area contributed by atoms with Gasteiger partial charge in [-0.3, -0.25) is 0 Å². The van der Waals surface area contributed by atoms with Gasteiger partial charge in [-0.15, -0.1) is 5.10 Å². The first kappa shape index (κ1) is 17.2. The molecule has 0 aliphatic heterocycles. The quantitative estimate of drug-likeness (QED) is 0.726. The van der Waals surface area contributed by atoms with E-state index >= 15 is 0 Å². The highest BCUT2D eigenvalue weighted by Gasteiger charge is 2.28. The summed E-state index contributed by atoms with van der Waals surface area (Å²) >= 11 is 0. The minimum atomic E-state index is -2.42. The Morgan fingerprint density at radius 1 is 1.15 bits per heavy atom. The van der Waals surface area contributed by atoms with Gasteiger partial charge in [0.1, 0.15) is 0 Å². The molecule has 1 aromatic heterocycles. The van der Waals surface area contributed by atoms with Crippen LogP contribution >= 0.6 is 7.34 Å². The maximum atomic E-state index is 6.11. The Kier molecular flexibility index (Phi) is 6.18. The first-order chi connectivity index (χ1) is 9.30. The third-order valence-electron chi connectivity index (χ3n) is 2.38. The first-order valence-electron chi connectivity index (χ1n) is 6.95. The van der Waals surface area contributed by atoms with E-state index in [1.165, 1.54) is 0 Å². The zero-order valence-corrected chi connectivity index (χ0v) is 14.2. The summed E-state index contributed by atoms with van der Waals surface area (Å²) in [6, 6.07) is 0.250. The summed E-state index contributed by atoms with van der Waals surface area (Å²) in [6.45, 7) is 15.9. The molecule has 0 aliphatic carbocycles. The Morgan fingerprint density at radius 3 is 2.05 bits per heavy atom. The molecular formula is C14H26N3O2P. The largest absolute Gasteiger partial charge is 0.330 e. The molecule has 0 N–H and O–H groups in total. The molecular weight excluding hydrogens is 273 g/mol. The highest BCUT2D eigenvalue weighted by atomic mass is 31.2. The molecule has 0 radical (unpaired) electrons. The third-order valence-corrected chi connectivity index (χ3v) is 5.30. The van der Waals surface area contributed by atoms with Crippen LogP contribution in [0.1, 0.15) is 47.6 Å². The molecule has 0 spiro atoms. The fraction of sp³-hybridized carbons (Fsp3) is 0.643. The molecule has 1 heterocycles. The number of aromatic nitrogens is 3. The Hall–Kier alpha value is -0.900. The summed E-state index contributed by atoms with van der Waals surface area (Å²) in [5, 5.41) is 8.43. The second-order valence-electron chi connectivity index (χ2n) is 5.44. The van der Waals surface area contributed by atoms with Crippen LogP contribution in [0.4, 0.5) is 0 Å². The minimum Gasteiger partial charge on any atom is -0.330 e. The number of allylic oxidation sites excluding steroid dienone is 1. The van der Waals surface area contributed by atoms with E-state index in [0.29, 0.717) is 0 Å². The van der Waals surface area contributed by atoms with Gasteiger partial charge in [0, 0.05) is 6.04 Å².